The Bertz CT molecular complexity index is 1030. The van der Waals surface area contributed by atoms with Gasteiger partial charge < -0.3 is 19.8 Å². The van der Waals surface area contributed by atoms with Gasteiger partial charge in [0.2, 0.25) is 0 Å². The molecule has 1 saturated carbocycles. The van der Waals surface area contributed by atoms with Crippen molar-refractivity contribution in [3.8, 4) is 0 Å². The minimum atomic E-state index is -0.516. The van der Waals surface area contributed by atoms with E-state index in [1.165, 1.54) is 30.4 Å². The number of hydrogen-bond acceptors (Lipinski definition) is 4. The SMILES string of the molecule is CC(C)(C)OC(=O)NCc1cn2cc(C(Cc3ccccc3)NCC3CCC3)ccc2n1. The largest absolute Gasteiger partial charge is 0.444 e. The molecule has 0 spiro atoms. The maximum Gasteiger partial charge on any atom is 0.407 e. The molecule has 32 heavy (non-hydrogen) atoms. The van der Waals surface area contributed by atoms with Crippen LogP contribution in [-0.2, 0) is 17.7 Å². The van der Waals surface area contributed by atoms with Gasteiger partial charge in [0, 0.05) is 18.4 Å². The number of imidazole rings is 1. The van der Waals surface area contributed by atoms with Gasteiger partial charge in [0.05, 0.1) is 12.2 Å². The minimum Gasteiger partial charge on any atom is -0.444 e. The van der Waals surface area contributed by atoms with Gasteiger partial charge in [-0.3, -0.25) is 0 Å². The van der Waals surface area contributed by atoms with Crippen molar-refractivity contribution >= 4 is 11.7 Å². The minimum absolute atomic E-state index is 0.244. The molecule has 6 heteroatoms. The van der Waals surface area contributed by atoms with E-state index < -0.39 is 11.7 Å². The highest BCUT2D eigenvalue weighted by Crippen LogP contribution is 2.27. The van der Waals surface area contributed by atoms with E-state index >= 15 is 0 Å². The van der Waals surface area contributed by atoms with E-state index in [4.69, 9.17) is 4.74 Å². The molecule has 2 heterocycles. The van der Waals surface area contributed by atoms with E-state index in [9.17, 15) is 4.79 Å². The number of benzene rings is 1. The molecule has 1 unspecified atom stereocenters. The molecule has 0 bridgehead atoms. The summed E-state index contributed by atoms with van der Waals surface area (Å²) in [6.07, 6.45) is 8.66. The van der Waals surface area contributed by atoms with Gasteiger partial charge in [-0.2, -0.15) is 0 Å². The lowest BCUT2D eigenvalue weighted by atomic mass is 9.85. The first-order valence-electron chi connectivity index (χ1n) is 11.6. The Morgan fingerprint density at radius 3 is 2.62 bits per heavy atom. The quantitative estimate of drug-likeness (QED) is 0.522. The topological polar surface area (TPSA) is 67.7 Å². The van der Waals surface area contributed by atoms with Crippen LogP contribution in [0.2, 0.25) is 0 Å². The number of ether oxygens (including phenoxy) is 1. The second kappa shape index (κ2) is 9.74. The van der Waals surface area contributed by atoms with E-state index in [0.29, 0.717) is 6.54 Å². The lowest BCUT2D eigenvalue weighted by Gasteiger charge is -2.29. The third-order valence-corrected chi connectivity index (χ3v) is 5.90. The number of amides is 1. The van der Waals surface area contributed by atoms with Crippen LogP contribution in [0, 0.1) is 5.92 Å². The molecule has 0 saturated heterocycles. The van der Waals surface area contributed by atoms with Gasteiger partial charge in [0.25, 0.3) is 0 Å². The summed E-state index contributed by atoms with van der Waals surface area (Å²) in [5.74, 6) is 0.802. The summed E-state index contributed by atoms with van der Waals surface area (Å²) in [5.41, 5.74) is 3.72. The molecule has 170 valence electrons. The highest BCUT2D eigenvalue weighted by molar-refractivity contribution is 5.67. The number of nitrogens with zero attached hydrogens (tertiary/aromatic N) is 2. The van der Waals surface area contributed by atoms with Crippen LogP contribution in [0.3, 0.4) is 0 Å². The number of fused-ring (bicyclic) bond motifs is 1. The molecule has 1 atom stereocenters. The molecule has 1 amide bonds. The van der Waals surface area contributed by atoms with Gasteiger partial charge >= 0.3 is 6.09 Å². The van der Waals surface area contributed by atoms with E-state index in [1.807, 2.05) is 31.4 Å². The third-order valence-electron chi connectivity index (χ3n) is 5.90. The molecule has 0 aliphatic heterocycles. The fraction of sp³-hybridized carbons (Fsp3) is 0.462. The van der Waals surface area contributed by atoms with Crippen LogP contribution < -0.4 is 10.6 Å². The molecule has 6 nitrogen and oxygen atoms in total. The third kappa shape index (κ3) is 6.10. The molecule has 2 N–H and O–H groups in total. The number of hydrogen-bond donors (Lipinski definition) is 2. The number of carbonyl (C=O) groups excluding carboxylic acids is 1. The number of rotatable bonds is 8. The van der Waals surface area contributed by atoms with Crippen LogP contribution in [0.5, 0.6) is 0 Å². The van der Waals surface area contributed by atoms with Crippen molar-refractivity contribution in [1.82, 2.24) is 20.0 Å². The fourth-order valence-corrected chi connectivity index (χ4v) is 3.99. The molecular formula is C26H34N4O2. The Labute approximate surface area is 190 Å². The first-order chi connectivity index (χ1) is 15.4. The summed E-state index contributed by atoms with van der Waals surface area (Å²) in [6, 6.07) is 15.1. The second-order valence-corrected chi connectivity index (χ2v) is 9.76. The zero-order valence-corrected chi connectivity index (χ0v) is 19.3. The van der Waals surface area contributed by atoms with E-state index in [2.05, 4.69) is 64.3 Å². The first-order valence-corrected chi connectivity index (χ1v) is 11.6. The average molecular weight is 435 g/mol. The molecule has 1 fully saturated rings. The molecule has 1 aliphatic rings. The highest BCUT2D eigenvalue weighted by Gasteiger charge is 2.20. The zero-order valence-electron chi connectivity index (χ0n) is 19.3. The summed E-state index contributed by atoms with van der Waals surface area (Å²) in [7, 11) is 0. The van der Waals surface area contributed by atoms with Gasteiger partial charge in [0.1, 0.15) is 11.2 Å². The normalized spacial score (nSPS) is 15.3. The van der Waals surface area contributed by atoms with E-state index in [1.54, 1.807) is 0 Å². The molecule has 0 radical (unpaired) electrons. The van der Waals surface area contributed by atoms with E-state index in [0.717, 1.165) is 30.2 Å². The zero-order chi connectivity index (χ0) is 22.6. The second-order valence-electron chi connectivity index (χ2n) is 9.76. The molecule has 3 aromatic rings. The number of alkyl carbamates (subject to hydrolysis) is 1. The summed E-state index contributed by atoms with van der Waals surface area (Å²) in [6.45, 7) is 6.95. The summed E-state index contributed by atoms with van der Waals surface area (Å²) in [4.78, 5) is 16.6. The molecule has 1 aromatic carbocycles. The molecular weight excluding hydrogens is 400 g/mol. The molecule has 1 aliphatic carbocycles. The van der Waals surface area contributed by atoms with Crippen molar-refractivity contribution in [2.24, 2.45) is 5.92 Å². The van der Waals surface area contributed by atoms with Crippen LogP contribution >= 0.6 is 0 Å². The number of pyridine rings is 1. The maximum absolute atomic E-state index is 11.9. The predicted octanol–water partition coefficient (Wildman–Crippen LogP) is 5.03. The van der Waals surface area contributed by atoms with Crippen molar-refractivity contribution in [2.75, 3.05) is 6.54 Å². The molecule has 2 aromatic heterocycles. The van der Waals surface area contributed by atoms with Crippen LogP contribution in [0.25, 0.3) is 5.65 Å². The smallest absolute Gasteiger partial charge is 0.407 e. The Balaban J connectivity index is 1.47. The highest BCUT2D eigenvalue weighted by atomic mass is 16.6. The van der Waals surface area contributed by atoms with Crippen LogP contribution in [0.15, 0.2) is 54.9 Å². The van der Waals surface area contributed by atoms with Crippen LogP contribution in [0.1, 0.15) is 62.9 Å². The lowest BCUT2D eigenvalue weighted by molar-refractivity contribution is 0.0523. The Morgan fingerprint density at radius 2 is 1.94 bits per heavy atom. The van der Waals surface area contributed by atoms with Crippen LogP contribution in [-0.4, -0.2) is 27.6 Å². The number of aromatic nitrogens is 2. The number of nitrogens with one attached hydrogen (secondary N) is 2. The summed E-state index contributed by atoms with van der Waals surface area (Å²) >= 11 is 0. The van der Waals surface area contributed by atoms with Crippen molar-refractivity contribution in [1.29, 1.82) is 0 Å². The molecule has 4 rings (SSSR count). The lowest BCUT2D eigenvalue weighted by Crippen LogP contribution is -2.32. The standard InChI is InChI=1S/C26H34N4O2/c1-26(2,3)32-25(31)28-16-22-18-30-17-21(12-13-24(30)29-22)23(27-15-20-10-7-11-20)14-19-8-5-4-6-9-19/h4-6,8-9,12-13,17-18,20,23,27H,7,10-11,14-16H2,1-3H3,(H,28,31). The average Bonchev–Trinajstić information content (AvgIpc) is 3.12. The summed E-state index contributed by atoms with van der Waals surface area (Å²) < 4.78 is 7.35. The van der Waals surface area contributed by atoms with Crippen LogP contribution in [0.4, 0.5) is 4.79 Å². The van der Waals surface area contributed by atoms with Crippen molar-refractivity contribution in [2.45, 2.75) is 64.6 Å². The number of carbonyl (C=O) groups is 1. The fourth-order valence-electron chi connectivity index (χ4n) is 3.99. The van der Waals surface area contributed by atoms with Crippen molar-refractivity contribution < 1.29 is 9.53 Å². The van der Waals surface area contributed by atoms with Gasteiger partial charge in [-0.25, -0.2) is 9.78 Å². The first kappa shape index (κ1) is 22.3. The Morgan fingerprint density at radius 1 is 1.16 bits per heavy atom. The van der Waals surface area contributed by atoms with Crippen molar-refractivity contribution in [3.05, 3.63) is 71.7 Å². The van der Waals surface area contributed by atoms with Crippen molar-refractivity contribution in [3.63, 3.8) is 0 Å². The van der Waals surface area contributed by atoms with Gasteiger partial charge in [0.15, 0.2) is 0 Å². The van der Waals surface area contributed by atoms with Gasteiger partial charge in [-0.05, 0) is 69.7 Å². The van der Waals surface area contributed by atoms with Gasteiger partial charge in [-0.15, -0.1) is 0 Å². The Hall–Kier alpha value is -2.86. The predicted molar refractivity (Wildman–Crippen MR) is 126 cm³/mol. The Kier molecular flexibility index (Phi) is 6.80. The van der Waals surface area contributed by atoms with E-state index in [-0.39, 0.29) is 6.04 Å². The maximum atomic E-state index is 11.9. The monoisotopic (exact) mass is 434 g/mol. The summed E-state index contributed by atoms with van der Waals surface area (Å²) in [5, 5.41) is 6.60. The van der Waals surface area contributed by atoms with Gasteiger partial charge in [-0.1, -0.05) is 42.8 Å².